The first-order valence-electron chi connectivity index (χ1n) is 6.79. The van der Waals surface area contributed by atoms with Crippen molar-refractivity contribution in [2.24, 2.45) is 0 Å². The molecule has 3 aromatic rings. The molecular weight excluding hydrogens is 354 g/mol. The van der Waals surface area contributed by atoms with Crippen LogP contribution in [-0.4, -0.2) is 14.7 Å². The van der Waals surface area contributed by atoms with Crippen molar-refractivity contribution in [2.45, 2.75) is 0 Å². The summed E-state index contributed by atoms with van der Waals surface area (Å²) in [6.07, 6.45) is 2.25. The zero-order valence-corrected chi connectivity index (χ0v) is 14.0. The third-order valence-electron chi connectivity index (χ3n) is 3.11. The number of para-hydroxylation sites is 1. The Hall–Kier alpha value is -2.51. The van der Waals surface area contributed by atoms with Crippen molar-refractivity contribution >= 4 is 38.3 Å². The van der Waals surface area contributed by atoms with Gasteiger partial charge in [0.25, 0.3) is 0 Å². The highest BCUT2D eigenvalue weighted by Gasteiger charge is 2.15. The van der Waals surface area contributed by atoms with Crippen LogP contribution in [0.15, 0.2) is 57.9 Å². The maximum absolute atomic E-state index is 12.0. The Kier molecular flexibility index (Phi) is 4.21. The fourth-order valence-corrected chi connectivity index (χ4v) is 2.85. The highest BCUT2D eigenvalue weighted by Crippen LogP contribution is 2.36. The number of hydrogen-bond donors (Lipinski definition) is 1. The van der Waals surface area contributed by atoms with Gasteiger partial charge in [-0.3, -0.25) is 9.52 Å². The monoisotopic (exact) mass is 365 g/mol. The topological polar surface area (TPSA) is 85.6 Å². The van der Waals surface area contributed by atoms with E-state index in [4.69, 9.17) is 20.8 Å². The Morgan fingerprint density at radius 1 is 1.12 bits per heavy atom. The van der Waals surface area contributed by atoms with Crippen LogP contribution in [0.2, 0.25) is 5.02 Å². The highest BCUT2D eigenvalue weighted by molar-refractivity contribution is 7.92. The molecule has 0 aliphatic carbocycles. The molecule has 0 aliphatic rings. The number of benzene rings is 2. The molecule has 8 heteroatoms. The maximum atomic E-state index is 12.0. The Morgan fingerprint density at radius 3 is 2.58 bits per heavy atom. The van der Waals surface area contributed by atoms with Gasteiger partial charge in [0.2, 0.25) is 10.0 Å². The first-order valence-corrected chi connectivity index (χ1v) is 9.06. The van der Waals surface area contributed by atoms with Crippen LogP contribution in [0.4, 0.5) is 5.69 Å². The molecule has 0 radical (unpaired) electrons. The summed E-state index contributed by atoms with van der Waals surface area (Å²) in [6.45, 7) is 0. The number of halogens is 1. The van der Waals surface area contributed by atoms with Gasteiger partial charge in [-0.1, -0.05) is 23.7 Å². The van der Waals surface area contributed by atoms with E-state index in [0.717, 1.165) is 6.26 Å². The van der Waals surface area contributed by atoms with Gasteiger partial charge in [0, 0.05) is 12.1 Å². The van der Waals surface area contributed by atoms with Crippen LogP contribution in [0.3, 0.4) is 0 Å². The summed E-state index contributed by atoms with van der Waals surface area (Å²) < 4.78 is 36.5. The lowest BCUT2D eigenvalue weighted by atomic mass is 10.2. The van der Waals surface area contributed by atoms with Crippen LogP contribution in [0.1, 0.15) is 0 Å². The Balaban J connectivity index is 2.19. The number of ether oxygens (including phenoxy) is 1. The molecule has 2 aromatic carbocycles. The molecule has 0 atom stereocenters. The van der Waals surface area contributed by atoms with Gasteiger partial charge < -0.3 is 9.15 Å². The van der Waals surface area contributed by atoms with Crippen molar-refractivity contribution in [1.29, 1.82) is 0 Å². The molecule has 3 rings (SSSR count). The van der Waals surface area contributed by atoms with Gasteiger partial charge in [-0.15, -0.1) is 0 Å². The normalized spacial score (nSPS) is 11.4. The molecular formula is C16H12ClNO5S. The SMILES string of the molecule is CS(=O)(=O)Nc1cc2occc(=O)c2cc1Oc1ccccc1Cl. The van der Waals surface area contributed by atoms with Gasteiger partial charge >= 0.3 is 0 Å². The predicted molar refractivity (Wildman–Crippen MR) is 92.5 cm³/mol. The lowest BCUT2D eigenvalue weighted by Gasteiger charge is -2.13. The molecule has 6 nitrogen and oxygen atoms in total. The van der Waals surface area contributed by atoms with Gasteiger partial charge in [0.1, 0.15) is 11.3 Å². The Labute approximate surface area is 142 Å². The fraction of sp³-hybridized carbons (Fsp3) is 0.0625. The van der Waals surface area contributed by atoms with Crippen molar-refractivity contribution in [3.63, 3.8) is 0 Å². The standard InChI is InChI=1S/C16H12ClNO5S/c1-24(20,21)18-12-9-15-10(13(19)6-7-22-15)8-16(12)23-14-5-3-2-4-11(14)17/h2-9,18H,1H3. The highest BCUT2D eigenvalue weighted by atomic mass is 35.5. The van der Waals surface area contributed by atoms with Gasteiger partial charge in [-0.25, -0.2) is 8.42 Å². The number of fused-ring (bicyclic) bond motifs is 1. The maximum Gasteiger partial charge on any atom is 0.229 e. The molecule has 0 fully saturated rings. The average molecular weight is 366 g/mol. The second-order valence-corrected chi connectivity index (χ2v) is 7.19. The van der Waals surface area contributed by atoms with Gasteiger partial charge in [0.15, 0.2) is 11.2 Å². The molecule has 0 aliphatic heterocycles. The zero-order chi connectivity index (χ0) is 17.3. The van der Waals surface area contributed by atoms with Crippen LogP contribution in [0.5, 0.6) is 11.5 Å². The Bertz CT molecular complexity index is 1080. The molecule has 1 N–H and O–H groups in total. The van der Waals surface area contributed by atoms with E-state index in [9.17, 15) is 13.2 Å². The van der Waals surface area contributed by atoms with Gasteiger partial charge in [-0.2, -0.15) is 0 Å². The summed E-state index contributed by atoms with van der Waals surface area (Å²) in [5.74, 6) is 0.468. The van der Waals surface area contributed by atoms with E-state index in [1.165, 1.54) is 24.5 Å². The average Bonchev–Trinajstić information content (AvgIpc) is 2.49. The first-order chi connectivity index (χ1) is 11.3. The fourth-order valence-electron chi connectivity index (χ4n) is 2.12. The molecule has 0 unspecified atom stereocenters. The largest absolute Gasteiger partial charge is 0.464 e. The van der Waals surface area contributed by atoms with Crippen molar-refractivity contribution in [1.82, 2.24) is 0 Å². The zero-order valence-electron chi connectivity index (χ0n) is 12.4. The molecule has 24 heavy (non-hydrogen) atoms. The summed E-state index contributed by atoms with van der Waals surface area (Å²) in [4.78, 5) is 12.0. The summed E-state index contributed by atoms with van der Waals surface area (Å²) in [7, 11) is -3.56. The van der Waals surface area contributed by atoms with E-state index >= 15 is 0 Å². The number of sulfonamides is 1. The van der Waals surface area contributed by atoms with Crippen LogP contribution in [0, 0.1) is 0 Å². The summed E-state index contributed by atoms with van der Waals surface area (Å²) in [6, 6.07) is 10.8. The van der Waals surface area contributed by atoms with Gasteiger partial charge in [-0.05, 0) is 18.2 Å². The molecule has 0 saturated heterocycles. The van der Waals surface area contributed by atoms with Gasteiger partial charge in [0.05, 0.1) is 28.6 Å². The summed E-state index contributed by atoms with van der Waals surface area (Å²) in [5, 5.41) is 0.613. The molecule has 0 bridgehead atoms. The molecule has 0 spiro atoms. The molecule has 0 saturated carbocycles. The summed E-state index contributed by atoms with van der Waals surface area (Å²) >= 11 is 6.07. The quantitative estimate of drug-likeness (QED) is 0.763. The first kappa shape index (κ1) is 16.4. The van der Waals surface area contributed by atoms with Crippen LogP contribution in [0.25, 0.3) is 11.0 Å². The van der Waals surface area contributed by atoms with Crippen molar-refractivity contribution in [3.05, 3.63) is 64.0 Å². The van der Waals surface area contributed by atoms with E-state index in [1.54, 1.807) is 24.3 Å². The van der Waals surface area contributed by atoms with Crippen molar-refractivity contribution in [2.75, 3.05) is 11.0 Å². The lowest BCUT2D eigenvalue weighted by Crippen LogP contribution is -2.11. The minimum atomic E-state index is -3.56. The number of rotatable bonds is 4. The lowest BCUT2D eigenvalue weighted by molar-refractivity contribution is 0.485. The molecule has 124 valence electrons. The van der Waals surface area contributed by atoms with E-state index in [2.05, 4.69) is 4.72 Å². The van der Waals surface area contributed by atoms with Crippen LogP contribution < -0.4 is 14.9 Å². The second kappa shape index (κ2) is 6.18. The second-order valence-electron chi connectivity index (χ2n) is 5.04. The van der Waals surface area contributed by atoms with E-state index in [1.807, 2.05) is 0 Å². The van der Waals surface area contributed by atoms with E-state index in [-0.39, 0.29) is 27.8 Å². The number of anilines is 1. The number of hydrogen-bond acceptors (Lipinski definition) is 5. The third-order valence-corrected chi connectivity index (χ3v) is 4.02. The van der Waals surface area contributed by atoms with E-state index in [0.29, 0.717) is 10.8 Å². The smallest absolute Gasteiger partial charge is 0.229 e. The summed E-state index contributed by atoms with van der Waals surface area (Å²) in [5.41, 5.74) is 0.102. The number of nitrogens with one attached hydrogen (secondary N) is 1. The van der Waals surface area contributed by atoms with Crippen molar-refractivity contribution < 1.29 is 17.6 Å². The predicted octanol–water partition coefficient (Wildman–Crippen LogP) is 3.61. The third kappa shape index (κ3) is 3.52. The minimum absolute atomic E-state index is 0.138. The van der Waals surface area contributed by atoms with Crippen molar-refractivity contribution in [3.8, 4) is 11.5 Å². The molecule has 1 aromatic heterocycles. The van der Waals surface area contributed by atoms with E-state index < -0.39 is 10.0 Å². The molecule has 0 amide bonds. The Morgan fingerprint density at radius 2 is 1.88 bits per heavy atom. The van der Waals surface area contributed by atoms with Crippen LogP contribution in [-0.2, 0) is 10.0 Å². The van der Waals surface area contributed by atoms with Crippen LogP contribution >= 0.6 is 11.6 Å². The molecule has 1 heterocycles. The minimum Gasteiger partial charge on any atom is -0.464 e.